The van der Waals surface area contributed by atoms with Crippen molar-refractivity contribution in [1.29, 1.82) is 0 Å². The number of aromatic nitrogens is 2. The van der Waals surface area contributed by atoms with Crippen LogP contribution in [0, 0.1) is 0 Å². The summed E-state index contributed by atoms with van der Waals surface area (Å²) in [5.41, 5.74) is 1.43. The fraction of sp³-hybridized carbons (Fsp3) is 0.241. The number of amides is 1. The fourth-order valence-electron chi connectivity index (χ4n) is 3.91. The normalized spacial score (nSPS) is 12.0. The Labute approximate surface area is 230 Å². The van der Waals surface area contributed by atoms with Crippen LogP contribution in [-0.4, -0.2) is 56.9 Å². The van der Waals surface area contributed by atoms with Crippen LogP contribution in [0.25, 0.3) is 10.4 Å². The first-order valence-electron chi connectivity index (χ1n) is 12.2. The van der Waals surface area contributed by atoms with Crippen LogP contribution in [0.4, 0.5) is 9.59 Å². The number of esters is 1. The average Bonchev–Trinajstić information content (AvgIpc) is 3.60. The Balaban J connectivity index is 1.52. The third-order valence-electron chi connectivity index (χ3n) is 5.77. The van der Waals surface area contributed by atoms with Crippen molar-refractivity contribution >= 4 is 29.5 Å². The van der Waals surface area contributed by atoms with Crippen molar-refractivity contribution in [1.82, 2.24) is 14.5 Å². The molecule has 0 radical (unpaired) electrons. The van der Waals surface area contributed by atoms with E-state index in [2.05, 4.69) is 4.98 Å². The van der Waals surface area contributed by atoms with Gasteiger partial charge in [-0.15, -0.1) is 11.3 Å². The Kier molecular flexibility index (Phi) is 8.15. The molecule has 0 fully saturated rings. The van der Waals surface area contributed by atoms with Gasteiger partial charge in [0.05, 0.1) is 11.5 Å². The van der Waals surface area contributed by atoms with Crippen molar-refractivity contribution in [3.63, 3.8) is 0 Å². The van der Waals surface area contributed by atoms with Gasteiger partial charge in [0.2, 0.25) is 0 Å². The minimum atomic E-state index is -1.19. The number of carbonyl (C=O) groups is 3. The van der Waals surface area contributed by atoms with E-state index in [1.54, 1.807) is 75.6 Å². The maximum Gasteiger partial charge on any atom is 0.417 e. The van der Waals surface area contributed by atoms with Gasteiger partial charge >= 0.3 is 18.2 Å². The van der Waals surface area contributed by atoms with Gasteiger partial charge in [0, 0.05) is 30.9 Å². The Morgan fingerprint density at radius 1 is 1.05 bits per heavy atom. The monoisotopic (exact) mass is 547 g/mol. The molecular formula is C29H29N3O6S. The number of ether oxygens (including phenoxy) is 2. The highest BCUT2D eigenvalue weighted by molar-refractivity contribution is 7.13. The molecule has 0 aliphatic rings. The fourth-order valence-corrected chi connectivity index (χ4v) is 4.64. The molecular weight excluding hydrogens is 518 g/mol. The number of rotatable bonds is 7. The lowest BCUT2D eigenvalue weighted by Crippen LogP contribution is -2.37. The molecule has 1 unspecified atom stereocenters. The molecule has 2 aromatic heterocycles. The highest BCUT2D eigenvalue weighted by Crippen LogP contribution is 2.28. The van der Waals surface area contributed by atoms with Gasteiger partial charge in [-0.3, -0.25) is 0 Å². The minimum Gasteiger partial charge on any atom is -0.464 e. The second-order valence-electron chi connectivity index (χ2n) is 9.86. The Morgan fingerprint density at radius 3 is 2.33 bits per heavy atom. The molecule has 0 aliphatic carbocycles. The molecule has 2 aromatic carbocycles. The molecule has 0 bridgehead atoms. The van der Waals surface area contributed by atoms with Crippen molar-refractivity contribution in [2.24, 2.45) is 0 Å². The van der Waals surface area contributed by atoms with Crippen molar-refractivity contribution in [2.45, 2.75) is 32.3 Å². The highest BCUT2D eigenvalue weighted by atomic mass is 32.1. The first kappa shape index (κ1) is 27.6. The number of nitrogens with zero attached hydrogens (tertiary/aromatic N) is 3. The van der Waals surface area contributed by atoms with E-state index in [1.807, 2.05) is 29.6 Å². The lowest BCUT2D eigenvalue weighted by molar-refractivity contribution is 0.0292. The number of hydrogen-bond acceptors (Lipinski definition) is 7. The SMILES string of the molecule is CN(CC(c1ccc(OC(=O)c2ccc(-c3cccs3)cc2)cc1)c1nccn1C(=O)O)C(=O)OC(C)(C)C. The summed E-state index contributed by atoms with van der Waals surface area (Å²) in [5.74, 6) is -0.522. The van der Waals surface area contributed by atoms with E-state index >= 15 is 0 Å². The molecule has 9 nitrogen and oxygen atoms in total. The summed E-state index contributed by atoms with van der Waals surface area (Å²) in [7, 11) is 1.58. The number of hydrogen-bond donors (Lipinski definition) is 1. The van der Waals surface area contributed by atoms with Crippen LogP contribution < -0.4 is 4.74 Å². The molecule has 39 heavy (non-hydrogen) atoms. The third kappa shape index (κ3) is 6.91. The molecule has 0 saturated heterocycles. The molecule has 0 spiro atoms. The van der Waals surface area contributed by atoms with E-state index in [0.717, 1.165) is 15.0 Å². The lowest BCUT2D eigenvalue weighted by Gasteiger charge is -2.27. The first-order valence-corrected chi connectivity index (χ1v) is 13.1. The molecule has 0 aliphatic heterocycles. The number of carbonyl (C=O) groups excluding carboxylic acids is 2. The number of benzene rings is 2. The minimum absolute atomic E-state index is 0.106. The molecule has 1 N–H and O–H groups in total. The van der Waals surface area contributed by atoms with Crippen LogP contribution in [0.2, 0.25) is 0 Å². The van der Waals surface area contributed by atoms with Gasteiger partial charge in [-0.05, 0) is 67.6 Å². The van der Waals surface area contributed by atoms with E-state index in [4.69, 9.17) is 9.47 Å². The van der Waals surface area contributed by atoms with Crippen molar-refractivity contribution in [3.05, 3.63) is 95.4 Å². The predicted molar refractivity (Wildman–Crippen MR) is 148 cm³/mol. The van der Waals surface area contributed by atoms with Crippen LogP contribution in [0.5, 0.6) is 5.75 Å². The van der Waals surface area contributed by atoms with Crippen LogP contribution in [0.15, 0.2) is 78.4 Å². The number of thiophene rings is 1. The average molecular weight is 548 g/mol. The summed E-state index contributed by atoms with van der Waals surface area (Å²) in [6.07, 6.45) is 1.00. The quantitative estimate of drug-likeness (QED) is 0.212. The van der Waals surface area contributed by atoms with Gasteiger partial charge in [0.25, 0.3) is 0 Å². The number of likely N-dealkylation sites (N-methyl/N-ethyl adjacent to an activating group) is 1. The van der Waals surface area contributed by atoms with E-state index in [-0.39, 0.29) is 12.4 Å². The molecule has 1 atom stereocenters. The zero-order chi connectivity index (χ0) is 28.2. The number of carboxylic acid groups (broad SMARTS) is 1. The van der Waals surface area contributed by atoms with Crippen molar-refractivity contribution in [3.8, 4) is 16.2 Å². The summed E-state index contributed by atoms with van der Waals surface area (Å²) in [4.78, 5) is 43.9. The van der Waals surface area contributed by atoms with E-state index in [0.29, 0.717) is 16.9 Å². The predicted octanol–water partition coefficient (Wildman–Crippen LogP) is 6.36. The van der Waals surface area contributed by atoms with Crippen molar-refractivity contribution in [2.75, 3.05) is 13.6 Å². The Morgan fingerprint density at radius 2 is 1.74 bits per heavy atom. The summed E-state index contributed by atoms with van der Waals surface area (Å²) < 4.78 is 12.0. The van der Waals surface area contributed by atoms with Gasteiger partial charge in [0.1, 0.15) is 17.2 Å². The second kappa shape index (κ2) is 11.5. The summed E-state index contributed by atoms with van der Waals surface area (Å²) in [5, 5.41) is 11.6. The molecule has 1 amide bonds. The maximum absolute atomic E-state index is 12.7. The third-order valence-corrected chi connectivity index (χ3v) is 6.69. The van der Waals surface area contributed by atoms with Gasteiger partial charge in [-0.25, -0.2) is 23.9 Å². The summed E-state index contributed by atoms with van der Waals surface area (Å²) in [6.45, 7) is 5.41. The summed E-state index contributed by atoms with van der Waals surface area (Å²) >= 11 is 1.62. The largest absolute Gasteiger partial charge is 0.464 e. The summed E-state index contributed by atoms with van der Waals surface area (Å²) in [6, 6.07) is 17.9. The van der Waals surface area contributed by atoms with Crippen molar-refractivity contribution < 1.29 is 29.0 Å². The van der Waals surface area contributed by atoms with Gasteiger partial charge in [-0.2, -0.15) is 0 Å². The van der Waals surface area contributed by atoms with Crippen LogP contribution >= 0.6 is 11.3 Å². The molecule has 4 aromatic rings. The lowest BCUT2D eigenvalue weighted by atomic mass is 9.97. The van der Waals surface area contributed by atoms with Crippen LogP contribution in [0.1, 0.15) is 48.4 Å². The Hall–Kier alpha value is -4.44. The van der Waals surface area contributed by atoms with Crippen LogP contribution in [-0.2, 0) is 4.74 Å². The zero-order valence-corrected chi connectivity index (χ0v) is 22.8. The molecule has 202 valence electrons. The molecule has 4 rings (SSSR count). The van der Waals surface area contributed by atoms with Gasteiger partial charge < -0.3 is 19.5 Å². The standard InChI is InChI=1S/C29H29N3O6S/c1-29(2,3)38-28(36)31(4)18-23(25-30-15-16-32(25)27(34)35)19-11-13-22(14-12-19)37-26(33)21-9-7-20(8-10-21)24-6-5-17-39-24/h5-17,23H,18H2,1-4H3,(H,34,35). The molecule has 0 saturated carbocycles. The topological polar surface area (TPSA) is 111 Å². The van der Waals surface area contributed by atoms with Gasteiger partial charge in [0.15, 0.2) is 0 Å². The number of imidazole rings is 1. The highest BCUT2D eigenvalue weighted by Gasteiger charge is 2.27. The first-order chi connectivity index (χ1) is 18.5. The van der Waals surface area contributed by atoms with E-state index in [9.17, 15) is 19.5 Å². The molecule has 10 heteroatoms. The Bertz CT molecular complexity index is 1440. The second-order valence-corrected chi connectivity index (χ2v) is 10.8. The van der Waals surface area contributed by atoms with Gasteiger partial charge in [-0.1, -0.05) is 30.3 Å². The van der Waals surface area contributed by atoms with E-state index in [1.165, 1.54) is 17.3 Å². The van der Waals surface area contributed by atoms with Crippen LogP contribution in [0.3, 0.4) is 0 Å². The van der Waals surface area contributed by atoms with E-state index < -0.39 is 29.7 Å². The smallest absolute Gasteiger partial charge is 0.417 e. The molecule has 2 heterocycles. The zero-order valence-electron chi connectivity index (χ0n) is 22.0. The maximum atomic E-state index is 12.7.